The summed E-state index contributed by atoms with van der Waals surface area (Å²) in [6.07, 6.45) is 0. The van der Waals surface area contributed by atoms with E-state index in [-0.39, 0.29) is 17.3 Å². The number of nitrogens with zero attached hydrogens (tertiary/aromatic N) is 2. The van der Waals surface area contributed by atoms with Crippen LogP contribution in [0.4, 0.5) is 5.69 Å². The van der Waals surface area contributed by atoms with Crippen molar-refractivity contribution in [1.29, 1.82) is 0 Å². The van der Waals surface area contributed by atoms with E-state index in [0.717, 1.165) is 15.4 Å². The molecule has 0 saturated heterocycles. The first-order valence-corrected chi connectivity index (χ1v) is 13.8. The van der Waals surface area contributed by atoms with E-state index in [9.17, 15) is 18.0 Å². The molecule has 0 aliphatic heterocycles. The number of carbonyl (C=O) groups excluding carboxylic acids is 2. The maximum Gasteiger partial charge on any atom is 0.264 e. The van der Waals surface area contributed by atoms with Crippen molar-refractivity contribution in [3.8, 4) is 0 Å². The molecule has 0 saturated carbocycles. The number of hydrogen-bond acceptors (Lipinski definition) is 4. The number of hydrogen-bond donors (Lipinski definition) is 1. The average Bonchev–Trinajstić information content (AvgIpc) is 2.87. The van der Waals surface area contributed by atoms with Crippen molar-refractivity contribution in [3.63, 3.8) is 0 Å². The highest BCUT2D eigenvalue weighted by Crippen LogP contribution is 2.30. The van der Waals surface area contributed by atoms with Crippen LogP contribution in [0.5, 0.6) is 0 Å². The Morgan fingerprint density at radius 2 is 1.68 bits per heavy atom. The van der Waals surface area contributed by atoms with Crippen molar-refractivity contribution in [3.05, 3.63) is 94.5 Å². The van der Waals surface area contributed by atoms with Gasteiger partial charge in [0, 0.05) is 18.1 Å². The Bertz CT molecular complexity index is 1360. The number of benzene rings is 3. The van der Waals surface area contributed by atoms with Gasteiger partial charge < -0.3 is 10.2 Å². The van der Waals surface area contributed by atoms with E-state index in [2.05, 4.69) is 5.32 Å². The zero-order chi connectivity index (χ0) is 27.2. The highest BCUT2D eigenvalue weighted by Gasteiger charge is 2.33. The summed E-state index contributed by atoms with van der Waals surface area (Å²) in [5.41, 5.74) is 2.78. The molecule has 1 atom stereocenters. The molecule has 0 aliphatic carbocycles. The largest absolute Gasteiger partial charge is 0.355 e. The van der Waals surface area contributed by atoms with Gasteiger partial charge in [-0.25, -0.2) is 8.42 Å². The fraction of sp³-hybridized carbons (Fsp3) is 0.286. The van der Waals surface area contributed by atoms with E-state index < -0.39 is 28.5 Å². The summed E-state index contributed by atoms with van der Waals surface area (Å²) >= 11 is 6.24. The van der Waals surface area contributed by atoms with Crippen LogP contribution in [0.3, 0.4) is 0 Å². The van der Waals surface area contributed by atoms with Crippen molar-refractivity contribution in [2.75, 3.05) is 17.4 Å². The molecule has 3 aromatic carbocycles. The smallest absolute Gasteiger partial charge is 0.264 e. The highest BCUT2D eigenvalue weighted by atomic mass is 35.5. The second-order valence-electron chi connectivity index (χ2n) is 8.84. The first kappa shape index (κ1) is 28.2. The minimum atomic E-state index is -4.13. The molecule has 0 aromatic heterocycles. The predicted molar refractivity (Wildman–Crippen MR) is 147 cm³/mol. The van der Waals surface area contributed by atoms with Gasteiger partial charge >= 0.3 is 0 Å². The molecule has 2 amide bonds. The summed E-state index contributed by atoms with van der Waals surface area (Å²) in [5.74, 6) is -0.834. The van der Waals surface area contributed by atoms with Crippen LogP contribution in [-0.2, 0) is 26.2 Å². The zero-order valence-electron chi connectivity index (χ0n) is 21.4. The van der Waals surface area contributed by atoms with Crippen LogP contribution in [0.25, 0.3) is 0 Å². The summed E-state index contributed by atoms with van der Waals surface area (Å²) in [6, 6.07) is 19.6. The second kappa shape index (κ2) is 12.3. The van der Waals surface area contributed by atoms with Crippen molar-refractivity contribution < 1.29 is 18.0 Å². The second-order valence-corrected chi connectivity index (χ2v) is 11.1. The molecule has 3 rings (SSSR count). The molecular weight excluding hydrogens is 510 g/mol. The summed E-state index contributed by atoms with van der Waals surface area (Å²) in [4.78, 5) is 28.1. The zero-order valence-corrected chi connectivity index (χ0v) is 23.0. The summed E-state index contributed by atoms with van der Waals surface area (Å²) in [7, 11) is -4.13. The van der Waals surface area contributed by atoms with Gasteiger partial charge in [0.05, 0.1) is 10.6 Å². The molecule has 37 heavy (non-hydrogen) atoms. The summed E-state index contributed by atoms with van der Waals surface area (Å²) < 4.78 is 28.7. The summed E-state index contributed by atoms with van der Waals surface area (Å²) in [6.45, 7) is 7.18. The van der Waals surface area contributed by atoms with Crippen LogP contribution in [0, 0.1) is 13.8 Å². The van der Waals surface area contributed by atoms with E-state index >= 15 is 0 Å². The van der Waals surface area contributed by atoms with Crippen LogP contribution in [0.1, 0.15) is 30.5 Å². The minimum absolute atomic E-state index is 0.0455. The van der Waals surface area contributed by atoms with Gasteiger partial charge in [0.15, 0.2) is 0 Å². The van der Waals surface area contributed by atoms with E-state index in [0.29, 0.717) is 22.8 Å². The van der Waals surface area contributed by atoms with Crippen molar-refractivity contribution >= 4 is 39.1 Å². The molecule has 3 aromatic rings. The molecule has 9 heteroatoms. The molecular formula is C28H32ClN3O4S. The third-order valence-electron chi connectivity index (χ3n) is 6.00. The number of aryl methyl sites for hydroxylation is 2. The molecule has 1 unspecified atom stereocenters. The van der Waals surface area contributed by atoms with Crippen LogP contribution >= 0.6 is 11.6 Å². The molecule has 196 valence electrons. The molecule has 0 radical (unpaired) electrons. The lowest BCUT2D eigenvalue weighted by atomic mass is 10.1. The maximum atomic E-state index is 13.8. The van der Waals surface area contributed by atoms with Crippen LogP contribution in [0.2, 0.25) is 5.02 Å². The Labute approximate surface area is 224 Å². The predicted octanol–water partition coefficient (Wildman–Crippen LogP) is 4.71. The van der Waals surface area contributed by atoms with Gasteiger partial charge in [-0.15, -0.1) is 0 Å². The number of likely N-dealkylation sites (N-methyl/N-ethyl adjacent to an activating group) is 1. The van der Waals surface area contributed by atoms with Gasteiger partial charge in [-0.3, -0.25) is 13.9 Å². The van der Waals surface area contributed by atoms with Crippen molar-refractivity contribution in [2.24, 2.45) is 0 Å². The normalized spacial score (nSPS) is 12.0. The quantitative estimate of drug-likeness (QED) is 0.403. The third-order valence-corrected chi connectivity index (χ3v) is 8.01. The monoisotopic (exact) mass is 541 g/mol. The lowest BCUT2D eigenvalue weighted by molar-refractivity contribution is -0.139. The molecule has 0 spiro atoms. The van der Waals surface area contributed by atoms with E-state index in [1.807, 2.05) is 31.2 Å². The van der Waals surface area contributed by atoms with Gasteiger partial charge in [0.2, 0.25) is 11.8 Å². The molecule has 0 fully saturated rings. The van der Waals surface area contributed by atoms with Gasteiger partial charge in [-0.05, 0) is 63.1 Å². The lowest BCUT2D eigenvalue weighted by Gasteiger charge is -2.32. The number of sulfonamides is 1. The number of carbonyl (C=O) groups is 2. The van der Waals surface area contributed by atoms with Crippen LogP contribution < -0.4 is 9.62 Å². The number of halogens is 1. The lowest BCUT2D eigenvalue weighted by Crippen LogP contribution is -2.51. The highest BCUT2D eigenvalue weighted by molar-refractivity contribution is 7.92. The van der Waals surface area contributed by atoms with Gasteiger partial charge in [0.25, 0.3) is 10.0 Å². The van der Waals surface area contributed by atoms with E-state index in [1.54, 1.807) is 51.1 Å². The Balaban J connectivity index is 2.06. The van der Waals surface area contributed by atoms with Crippen molar-refractivity contribution in [1.82, 2.24) is 10.2 Å². The molecule has 7 nitrogen and oxygen atoms in total. The topological polar surface area (TPSA) is 86.8 Å². The minimum Gasteiger partial charge on any atom is -0.355 e. The van der Waals surface area contributed by atoms with Crippen LogP contribution in [-0.4, -0.2) is 44.3 Å². The number of rotatable bonds is 10. The fourth-order valence-electron chi connectivity index (χ4n) is 4.00. The Hall–Kier alpha value is -3.36. The SMILES string of the molecule is CCNC(=O)C(C)N(Cc1cccc(C)c1)C(=O)CN(c1cc(Cl)ccc1C)S(=O)(=O)c1ccccc1. The van der Waals surface area contributed by atoms with Crippen LogP contribution in [0.15, 0.2) is 77.7 Å². The van der Waals surface area contributed by atoms with Gasteiger partial charge in [-0.1, -0.05) is 65.7 Å². The number of amides is 2. The molecule has 0 bridgehead atoms. The standard InChI is InChI=1S/C28H32ClN3O4S/c1-5-30-28(34)22(4)31(18-23-11-9-10-20(2)16-23)27(33)19-32(26-17-24(29)15-14-21(26)3)37(35,36)25-12-7-6-8-13-25/h6-17,22H,5,18-19H2,1-4H3,(H,30,34). The number of nitrogens with one attached hydrogen (secondary N) is 1. The third kappa shape index (κ3) is 6.90. The Kier molecular flexibility index (Phi) is 9.34. The molecule has 0 heterocycles. The van der Waals surface area contributed by atoms with Gasteiger partial charge in [-0.2, -0.15) is 0 Å². The first-order chi connectivity index (χ1) is 17.5. The molecule has 0 aliphatic rings. The molecule has 1 N–H and O–H groups in total. The fourth-order valence-corrected chi connectivity index (χ4v) is 5.65. The number of anilines is 1. The maximum absolute atomic E-state index is 13.8. The van der Waals surface area contributed by atoms with Crippen molar-refractivity contribution in [2.45, 2.75) is 45.2 Å². The average molecular weight is 542 g/mol. The first-order valence-electron chi connectivity index (χ1n) is 12.0. The Morgan fingerprint density at radius 1 is 0.973 bits per heavy atom. The van der Waals surface area contributed by atoms with E-state index in [4.69, 9.17) is 11.6 Å². The summed E-state index contributed by atoms with van der Waals surface area (Å²) in [5, 5.41) is 3.09. The van der Waals surface area contributed by atoms with E-state index in [1.165, 1.54) is 23.1 Å². The van der Waals surface area contributed by atoms with Gasteiger partial charge in [0.1, 0.15) is 12.6 Å². The Morgan fingerprint density at radius 3 is 2.32 bits per heavy atom.